The monoisotopic (exact) mass is 530 g/mol. The summed E-state index contributed by atoms with van der Waals surface area (Å²) >= 11 is 0. The van der Waals surface area contributed by atoms with Crippen molar-refractivity contribution in [2.45, 2.75) is 96.8 Å². The van der Waals surface area contributed by atoms with E-state index < -0.39 is 0 Å². The van der Waals surface area contributed by atoms with Crippen LogP contribution in [0.3, 0.4) is 0 Å². The van der Waals surface area contributed by atoms with E-state index >= 15 is 0 Å². The number of halogens is 1. The van der Waals surface area contributed by atoms with E-state index in [0.29, 0.717) is 0 Å². The Hall–Kier alpha value is -0.290. The molecular weight excluding hydrogens is 479 g/mol. The van der Waals surface area contributed by atoms with E-state index in [4.69, 9.17) is 0 Å². The molecule has 1 aromatic carbocycles. The van der Waals surface area contributed by atoms with Crippen molar-refractivity contribution >= 4 is 5.69 Å². The highest BCUT2D eigenvalue weighted by Gasteiger charge is 2.14. The van der Waals surface area contributed by atoms with Gasteiger partial charge < -0.3 is 33.4 Å². The number of anilines is 1. The fraction of sp³-hybridized carbons (Fsp3) is 0.778. The van der Waals surface area contributed by atoms with Gasteiger partial charge in [-0.3, -0.25) is 0 Å². The van der Waals surface area contributed by atoms with Gasteiger partial charge in [-0.15, -0.1) is 0 Å². The second-order valence-electron chi connectivity index (χ2n) is 9.74. The molecule has 2 nitrogen and oxygen atoms in total. The van der Waals surface area contributed by atoms with Gasteiger partial charge in [-0.1, -0.05) is 89.3 Å². The smallest absolute Gasteiger partial charge is 0.0783 e. The molecule has 176 valence electrons. The molecule has 0 radical (unpaired) electrons. The fourth-order valence-electron chi connectivity index (χ4n) is 4.19. The van der Waals surface area contributed by atoms with Gasteiger partial charge in [-0.05, 0) is 37.8 Å². The zero-order valence-corrected chi connectivity index (χ0v) is 22.8. The Morgan fingerprint density at radius 2 is 1.07 bits per heavy atom. The lowest BCUT2D eigenvalue weighted by molar-refractivity contribution is -0.890. The first-order chi connectivity index (χ1) is 14.0. The summed E-state index contributed by atoms with van der Waals surface area (Å²) in [6, 6.07) is 10.7. The molecule has 0 fully saturated rings. The highest BCUT2D eigenvalue weighted by molar-refractivity contribution is 5.44. The summed E-state index contributed by atoms with van der Waals surface area (Å²) < 4.78 is 1.19. The van der Waals surface area contributed by atoms with E-state index in [1.54, 1.807) is 0 Å². The molecule has 1 aromatic rings. The molecule has 0 aliphatic carbocycles. The van der Waals surface area contributed by atoms with Crippen molar-refractivity contribution in [1.29, 1.82) is 0 Å². The van der Waals surface area contributed by atoms with Gasteiger partial charge >= 0.3 is 0 Å². The van der Waals surface area contributed by atoms with Gasteiger partial charge in [-0.25, -0.2) is 0 Å². The predicted octanol–water partition coefficient (Wildman–Crippen LogP) is 4.68. The quantitative estimate of drug-likeness (QED) is 0.143. The van der Waals surface area contributed by atoms with E-state index in [2.05, 4.69) is 63.3 Å². The summed E-state index contributed by atoms with van der Waals surface area (Å²) in [6.45, 7) is 6.10. The molecule has 0 saturated carbocycles. The van der Waals surface area contributed by atoms with Gasteiger partial charge in [0.15, 0.2) is 0 Å². The van der Waals surface area contributed by atoms with E-state index in [1.165, 1.54) is 113 Å². The van der Waals surface area contributed by atoms with Gasteiger partial charge in [0.25, 0.3) is 0 Å². The van der Waals surface area contributed by atoms with Crippen LogP contribution in [0.25, 0.3) is 0 Å². The summed E-state index contributed by atoms with van der Waals surface area (Å²) in [6.07, 6.45) is 19.9. The van der Waals surface area contributed by atoms with Crippen LogP contribution in [0.2, 0.25) is 0 Å². The van der Waals surface area contributed by atoms with Gasteiger partial charge in [0.05, 0.1) is 27.2 Å². The fourth-order valence-corrected chi connectivity index (χ4v) is 4.19. The predicted molar refractivity (Wildman–Crippen MR) is 132 cm³/mol. The largest absolute Gasteiger partial charge is 1.00 e. The van der Waals surface area contributed by atoms with Crippen LogP contribution in [0.5, 0.6) is 0 Å². The number of unbranched alkanes of at least 4 members (excludes halogenated alkanes) is 12. The maximum Gasteiger partial charge on any atom is 0.0783 e. The van der Waals surface area contributed by atoms with Crippen molar-refractivity contribution in [3.05, 3.63) is 30.3 Å². The average Bonchev–Trinajstić information content (AvgIpc) is 2.72. The van der Waals surface area contributed by atoms with Crippen LogP contribution in [0.4, 0.5) is 5.69 Å². The van der Waals surface area contributed by atoms with Crippen molar-refractivity contribution in [3.63, 3.8) is 0 Å². The molecule has 0 spiro atoms. The zero-order valence-electron chi connectivity index (χ0n) is 20.7. The number of hydrogen-bond acceptors (Lipinski definition) is 1. The van der Waals surface area contributed by atoms with E-state index in [1.807, 2.05) is 0 Å². The summed E-state index contributed by atoms with van der Waals surface area (Å²) in [5, 5.41) is 0. The molecule has 0 heterocycles. The topological polar surface area (TPSA) is 3.24 Å². The average molecular weight is 531 g/mol. The maximum atomic E-state index is 2.42. The van der Waals surface area contributed by atoms with Crippen LogP contribution in [0.15, 0.2) is 30.3 Å². The van der Waals surface area contributed by atoms with Crippen molar-refractivity contribution in [3.8, 4) is 0 Å². The minimum atomic E-state index is 0. The molecular formula is C27H51IN2. The van der Waals surface area contributed by atoms with E-state index in [-0.39, 0.29) is 24.0 Å². The summed E-state index contributed by atoms with van der Waals surface area (Å²) in [5.41, 5.74) is 1.33. The van der Waals surface area contributed by atoms with Gasteiger partial charge in [0.2, 0.25) is 0 Å². The molecule has 30 heavy (non-hydrogen) atoms. The van der Waals surface area contributed by atoms with Crippen molar-refractivity contribution in [2.75, 3.05) is 45.7 Å². The Kier molecular flexibility index (Phi) is 19.2. The number of benzene rings is 1. The summed E-state index contributed by atoms with van der Waals surface area (Å²) in [4.78, 5) is 2.38. The van der Waals surface area contributed by atoms with Crippen molar-refractivity contribution in [2.24, 2.45) is 0 Å². The maximum absolute atomic E-state index is 2.42. The van der Waals surface area contributed by atoms with Crippen LogP contribution in [0.1, 0.15) is 96.8 Å². The molecule has 0 amide bonds. The van der Waals surface area contributed by atoms with E-state index in [0.717, 1.165) is 6.54 Å². The van der Waals surface area contributed by atoms with Gasteiger partial charge in [0.1, 0.15) is 0 Å². The Morgan fingerprint density at radius 3 is 1.57 bits per heavy atom. The summed E-state index contributed by atoms with van der Waals surface area (Å²) in [7, 11) is 7.04. The molecule has 0 aliphatic heterocycles. The second kappa shape index (κ2) is 19.4. The van der Waals surface area contributed by atoms with E-state index in [9.17, 15) is 0 Å². The third kappa shape index (κ3) is 16.4. The van der Waals surface area contributed by atoms with Crippen LogP contribution in [-0.4, -0.2) is 45.3 Å². The Labute approximate surface area is 206 Å². The first-order valence-corrected chi connectivity index (χ1v) is 12.6. The third-order valence-corrected chi connectivity index (χ3v) is 6.32. The molecule has 3 heteroatoms. The molecule has 0 aliphatic rings. The number of rotatable bonds is 19. The zero-order chi connectivity index (χ0) is 21.2. The van der Waals surface area contributed by atoms with Crippen LogP contribution < -0.4 is 28.9 Å². The molecule has 0 aromatic heterocycles. The highest BCUT2D eigenvalue weighted by Crippen LogP contribution is 2.14. The number of quaternary nitrogens is 1. The Bertz CT molecular complexity index is 475. The number of para-hydroxylation sites is 1. The Balaban J connectivity index is 0.00000841. The van der Waals surface area contributed by atoms with Crippen molar-refractivity contribution < 1.29 is 28.5 Å². The third-order valence-electron chi connectivity index (χ3n) is 6.32. The van der Waals surface area contributed by atoms with Gasteiger partial charge in [-0.2, -0.15) is 0 Å². The second-order valence-corrected chi connectivity index (χ2v) is 9.74. The Morgan fingerprint density at radius 1 is 0.633 bits per heavy atom. The molecule has 0 atom stereocenters. The van der Waals surface area contributed by atoms with Gasteiger partial charge in [0, 0.05) is 19.3 Å². The molecule has 0 unspecified atom stereocenters. The minimum absolute atomic E-state index is 0. The van der Waals surface area contributed by atoms with Crippen molar-refractivity contribution in [1.82, 2.24) is 0 Å². The first kappa shape index (κ1) is 29.7. The first-order valence-electron chi connectivity index (χ1n) is 12.6. The standard InChI is InChI=1S/C27H51N2.HI/c1-5-6-7-8-9-10-11-12-13-14-15-20-25-29(3,4)26-21-19-24-28(2)27-22-17-16-18-23-27;/h16-18,22-23H,5-15,19-21,24-26H2,1-4H3;1H/q+1;/p-1. The molecule has 0 N–H and O–H groups in total. The lowest BCUT2D eigenvalue weighted by Gasteiger charge is -2.30. The van der Waals surface area contributed by atoms with Crippen LogP contribution >= 0.6 is 0 Å². The molecule has 0 bridgehead atoms. The minimum Gasteiger partial charge on any atom is -1.00 e. The normalized spacial score (nSPS) is 11.3. The molecule has 0 saturated heterocycles. The highest BCUT2D eigenvalue weighted by atomic mass is 127. The van der Waals surface area contributed by atoms with Crippen LogP contribution in [0, 0.1) is 0 Å². The lowest BCUT2D eigenvalue weighted by atomic mass is 10.1. The van der Waals surface area contributed by atoms with Crippen LogP contribution in [-0.2, 0) is 0 Å². The number of hydrogen-bond donors (Lipinski definition) is 0. The lowest BCUT2D eigenvalue weighted by Crippen LogP contribution is -3.00. The summed E-state index contributed by atoms with van der Waals surface area (Å²) in [5.74, 6) is 0. The number of nitrogens with zero attached hydrogens (tertiary/aromatic N) is 2. The SMILES string of the molecule is CCCCCCCCCCCCCC[N+](C)(C)CCCCN(C)c1ccccc1.[I-]. The molecule has 1 rings (SSSR count).